The average Bonchev–Trinajstić information content (AvgIpc) is 3.30. The number of benzene rings is 1. The molecule has 1 saturated carbocycles. The average molecular weight is 686 g/mol. The molecule has 4 atom stereocenters. The number of carbonyl (C=O) groups is 1. The van der Waals surface area contributed by atoms with Gasteiger partial charge in [-0.3, -0.25) is 9.36 Å². The van der Waals surface area contributed by atoms with Gasteiger partial charge in [0.15, 0.2) is 5.54 Å². The molecule has 11 nitrogen and oxygen atoms in total. The van der Waals surface area contributed by atoms with Gasteiger partial charge in [0.05, 0.1) is 41.3 Å². The molecule has 14 heteroatoms. The molecule has 7 rings (SSSR count). The number of esters is 1. The van der Waals surface area contributed by atoms with Crippen LogP contribution in [0.5, 0.6) is 5.75 Å². The zero-order valence-corrected chi connectivity index (χ0v) is 27.9. The zero-order chi connectivity index (χ0) is 34.0. The Labute approximate surface area is 278 Å². The van der Waals surface area contributed by atoms with E-state index in [9.17, 15) is 23.2 Å². The molecule has 0 radical (unpaired) electrons. The van der Waals surface area contributed by atoms with Gasteiger partial charge >= 0.3 is 18.3 Å². The molecule has 1 aromatic carbocycles. The minimum absolute atomic E-state index is 0.0325. The van der Waals surface area contributed by atoms with E-state index in [1.54, 1.807) is 45.9 Å². The number of hydrogen-bond donors (Lipinski definition) is 0. The molecule has 0 amide bonds. The Morgan fingerprint density at radius 1 is 1.15 bits per heavy atom. The molecule has 2 aliphatic heterocycles. The van der Waals surface area contributed by atoms with E-state index in [-0.39, 0.29) is 54.7 Å². The highest BCUT2D eigenvalue weighted by molar-refractivity contribution is 7.22. The van der Waals surface area contributed by atoms with Gasteiger partial charge < -0.3 is 23.4 Å². The van der Waals surface area contributed by atoms with Gasteiger partial charge in [0.25, 0.3) is 5.56 Å². The summed E-state index contributed by atoms with van der Waals surface area (Å²) >= 11 is 1.15. The number of halogens is 2. The van der Waals surface area contributed by atoms with Crippen LogP contribution in [0.15, 0.2) is 50.7 Å². The maximum absolute atomic E-state index is 14.7. The predicted octanol–water partition coefficient (Wildman–Crippen LogP) is 6.09. The molecule has 256 valence electrons. The van der Waals surface area contributed by atoms with Crippen molar-refractivity contribution < 1.29 is 36.9 Å². The van der Waals surface area contributed by atoms with E-state index in [4.69, 9.17) is 23.4 Å². The van der Waals surface area contributed by atoms with Crippen LogP contribution in [0.4, 0.5) is 8.78 Å². The van der Waals surface area contributed by atoms with Crippen LogP contribution in [0.1, 0.15) is 76.5 Å². The maximum atomic E-state index is 14.7. The minimum atomic E-state index is -3.09. The van der Waals surface area contributed by atoms with Crippen LogP contribution < -0.4 is 16.0 Å². The first-order valence-corrected chi connectivity index (χ1v) is 16.9. The van der Waals surface area contributed by atoms with Crippen LogP contribution in [0.25, 0.3) is 21.0 Å². The summed E-state index contributed by atoms with van der Waals surface area (Å²) in [4.78, 5) is 47.7. The summed E-state index contributed by atoms with van der Waals surface area (Å²) < 4.78 is 58.6. The molecule has 3 aliphatic rings. The Bertz CT molecular complexity index is 1950. The van der Waals surface area contributed by atoms with Crippen molar-refractivity contribution in [1.29, 1.82) is 0 Å². The molecule has 4 aromatic rings. The van der Waals surface area contributed by atoms with Crippen molar-refractivity contribution in [3.8, 4) is 16.5 Å². The zero-order valence-electron chi connectivity index (χ0n) is 27.1. The Hall–Kier alpha value is -3.88. The molecular formula is C34H37F2N3O8S. The summed E-state index contributed by atoms with van der Waals surface area (Å²) in [7, 11) is 0. The fourth-order valence-electron chi connectivity index (χ4n) is 6.92. The Balaban J connectivity index is 1.41. The molecule has 0 N–H and O–H groups in total. The monoisotopic (exact) mass is 685 g/mol. The van der Waals surface area contributed by atoms with Crippen molar-refractivity contribution in [2.45, 2.75) is 115 Å². The molecule has 48 heavy (non-hydrogen) atoms. The third-order valence-electron chi connectivity index (χ3n) is 9.20. The fraction of sp³-hybridized carbons (Fsp3) is 0.529. The fourth-order valence-corrected chi connectivity index (χ4v) is 8.16. The number of thiophene rings is 1. The van der Waals surface area contributed by atoms with Gasteiger partial charge in [0, 0.05) is 5.56 Å². The molecule has 3 aromatic heterocycles. The lowest BCUT2D eigenvalue weighted by atomic mass is 10.0. The lowest BCUT2D eigenvalue weighted by Gasteiger charge is -2.32. The molecule has 2 bridgehead atoms. The van der Waals surface area contributed by atoms with Crippen LogP contribution in [0, 0.1) is 6.92 Å². The molecule has 0 spiro atoms. The number of aryl methyl sites for hydroxylation is 1. The number of ether oxygens (including phenoxy) is 4. The second-order valence-electron chi connectivity index (χ2n) is 13.7. The number of aromatic nitrogens is 3. The van der Waals surface area contributed by atoms with E-state index in [1.165, 1.54) is 23.1 Å². The quantitative estimate of drug-likeness (QED) is 0.183. The molecule has 2 saturated heterocycles. The summed E-state index contributed by atoms with van der Waals surface area (Å²) in [5.41, 5.74) is -2.84. The standard InChI is InChI=1S/C34H37F2N3O8S/c1-18-25-28(40)39(34(11-12-34)30(41)47-33(2,3)4)32(42)38(29(25)48-26(18)27-37-13-14-43-27)17-24(22-7-5-6-8-23(22)46-31(35)36)45-21-15-19-9-10-20(16-21)44-19/h5-8,13-14,19-21,24,31H,9-12,15-17H2,1-4H3/t19-,20+,21?,24-/m0/s1. The number of carbonyl (C=O) groups excluding carboxylic acids is 1. The van der Waals surface area contributed by atoms with E-state index in [2.05, 4.69) is 4.98 Å². The molecule has 3 fully saturated rings. The first kappa shape index (κ1) is 32.7. The molecule has 1 aliphatic carbocycles. The number of hydrogen-bond acceptors (Lipinski definition) is 10. The van der Waals surface area contributed by atoms with Crippen molar-refractivity contribution in [3.63, 3.8) is 0 Å². The molecule has 1 unspecified atom stereocenters. The highest BCUT2D eigenvalue weighted by Crippen LogP contribution is 2.45. The number of oxazole rings is 1. The van der Waals surface area contributed by atoms with Crippen LogP contribution in [0.3, 0.4) is 0 Å². The normalized spacial score (nSPS) is 22.3. The Morgan fingerprint density at radius 2 is 1.85 bits per heavy atom. The highest BCUT2D eigenvalue weighted by atomic mass is 32.1. The first-order chi connectivity index (χ1) is 22.8. The van der Waals surface area contributed by atoms with Crippen molar-refractivity contribution in [2.24, 2.45) is 0 Å². The van der Waals surface area contributed by atoms with E-state index in [0.29, 0.717) is 33.7 Å². The second kappa shape index (κ2) is 12.2. The van der Waals surface area contributed by atoms with Crippen LogP contribution in [-0.2, 0) is 31.1 Å². The Kier molecular flexibility index (Phi) is 8.31. The van der Waals surface area contributed by atoms with Crippen LogP contribution in [-0.4, -0.2) is 50.6 Å². The number of nitrogens with zero attached hydrogens (tertiary/aromatic N) is 3. The molecular weight excluding hydrogens is 648 g/mol. The van der Waals surface area contributed by atoms with E-state index in [0.717, 1.165) is 28.7 Å². The van der Waals surface area contributed by atoms with Gasteiger partial charge in [-0.2, -0.15) is 8.78 Å². The number of fused-ring (bicyclic) bond motifs is 3. The van der Waals surface area contributed by atoms with Crippen molar-refractivity contribution in [1.82, 2.24) is 14.1 Å². The smallest absolute Gasteiger partial charge is 0.387 e. The second-order valence-corrected chi connectivity index (χ2v) is 14.7. The van der Waals surface area contributed by atoms with Gasteiger partial charge in [0.1, 0.15) is 28.5 Å². The summed E-state index contributed by atoms with van der Waals surface area (Å²) in [5, 5.41) is 0.225. The summed E-state index contributed by atoms with van der Waals surface area (Å²) in [5.74, 6) is -0.476. The number of alkyl halides is 2. The minimum Gasteiger partial charge on any atom is -0.458 e. The lowest BCUT2D eigenvalue weighted by molar-refractivity contribution is -0.161. The molecule has 5 heterocycles. The topological polar surface area (TPSA) is 124 Å². The summed E-state index contributed by atoms with van der Waals surface area (Å²) in [6.07, 6.45) is 5.28. The summed E-state index contributed by atoms with van der Waals surface area (Å²) in [6, 6.07) is 6.34. The van der Waals surface area contributed by atoms with E-state index in [1.807, 2.05) is 0 Å². The number of rotatable bonds is 10. The highest BCUT2D eigenvalue weighted by Gasteiger charge is 2.56. The van der Waals surface area contributed by atoms with Crippen LogP contribution >= 0.6 is 11.3 Å². The first-order valence-electron chi connectivity index (χ1n) is 16.1. The van der Waals surface area contributed by atoms with Gasteiger partial charge in [-0.25, -0.2) is 19.1 Å². The van der Waals surface area contributed by atoms with Crippen molar-refractivity contribution in [2.75, 3.05) is 0 Å². The maximum Gasteiger partial charge on any atom is 0.387 e. The van der Waals surface area contributed by atoms with Gasteiger partial charge in [-0.15, -0.1) is 11.3 Å². The number of para-hydroxylation sites is 1. The predicted molar refractivity (Wildman–Crippen MR) is 171 cm³/mol. The third kappa shape index (κ3) is 5.98. The van der Waals surface area contributed by atoms with Gasteiger partial charge in [0.2, 0.25) is 5.89 Å². The van der Waals surface area contributed by atoms with Crippen molar-refractivity contribution in [3.05, 3.63) is 68.7 Å². The summed E-state index contributed by atoms with van der Waals surface area (Å²) in [6.45, 7) is 3.65. The lowest BCUT2D eigenvalue weighted by Crippen LogP contribution is -2.50. The Morgan fingerprint density at radius 3 is 2.48 bits per heavy atom. The van der Waals surface area contributed by atoms with Crippen LogP contribution in [0.2, 0.25) is 0 Å². The van der Waals surface area contributed by atoms with Gasteiger partial charge in [-0.05, 0) is 77.8 Å². The van der Waals surface area contributed by atoms with E-state index < -0.39 is 41.1 Å². The SMILES string of the molecule is Cc1c(-c2ncco2)sc2c1c(=O)n(C1(C(=O)OC(C)(C)C)CC1)c(=O)n2C[C@H](OC1C[C@H]2CC[C@@H](C1)O2)c1ccccc1OC(F)F. The van der Waals surface area contributed by atoms with Crippen molar-refractivity contribution >= 4 is 27.5 Å². The largest absolute Gasteiger partial charge is 0.458 e. The van der Waals surface area contributed by atoms with E-state index >= 15 is 0 Å². The third-order valence-corrected chi connectivity index (χ3v) is 10.5. The van der Waals surface area contributed by atoms with Gasteiger partial charge in [-0.1, -0.05) is 18.2 Å².